The molecule has 3 rings (SSSR count). The quantitative estimate of drug-likeness (QED) is 0.435. The lowest BCUT2D eigenvalue weighted by atomic mass is 9.62. The summed E-state index contributed by atoms with van der Waals surface area (Å²) in [4.78, 5) is 24.3. The third-order valence-corrected chi connectivity index (χ3v) is 5.64. The standard InChI is InChI=1S/C22H18F6O3/c1-31-19(30)16-11-14(21(23,24)25)12-17(22(26,27)28)18(16)20(9-7-15(29)8-10-20)13-5-3-2-4-6-13/h2-6,11-12H,7-10H2,1H3. The van der Waals surface area contributed by atoms with Crippen LogP contribution in [0.5, 0.6) is 0 Å². The Balaban J connectivity index is 2.45. The van der Waals surface area contributed by atoms with E-state index in [1.165, 1.54) is 0 Å². The molecule has 0 radical (unpaired) electrons. The summed E-state index contributed by atoms with van der Waals surface area (Å²) in [6.07, 6.45) is -10.6. The second kappa shape index (κ2) is 8.01. The lowest BCUT2D eigenvalue weighted by molar-refractivity contribution is -0.143. The minimum absolute atomic E-state index is 0.0306. The Morgan fingerprint density at radius 1 is 0.935 bits per heavy atom. The van der Waals surface area contributed by atoms with Crippen LogP contribution in [0.25, 0.3) is 0 Å². The van der Waals surface area contributed by atoms with Crippen LogP contribution in [0.15, 0.2) is 42.5 Å². The van der Waals surface area contributed by atoms with Gasteiger partial charge in [-0.1, -0.05) is 30.3 Å². The van der Waals surface area contributed by atoms with Gasteiger partial charge in [0.1, 0.15) is 5.78 Å². The van der Waals surface area contributed by atoms with Gasteiger partial charge >= 0.3 is 18.3 Å². The minimum Gasteiger partial charge on any atom is -0.465 e. The molecular formula is C22H18F6O3. The molecule has 0 aliphatic heterocycles. The molecule has 0 spiro atoms. The zero-order valence-electron chi connectivity index (χ0n) is 16.4. The maximum absolute atomic E-state index is 14.1. The number of ketones is 1. The van der Waals surface area contributed by atoms with Crippen molar-refractivity contribution < 1.29 is 40.7 Å². The highest BCUT2D eigenvalue weighted by atomic mass is 19.4. The predicted octanol–water partition coefficient (Wildman–Crippen LogP) is 5.94. The number of benzene rings is 2. The number of Topliss-reactive ketones (excluding diaryl/α,β-unsaturated/α-hetero) is 1. The molecule has 1 aliphatic carbocycles. The molecule has 0 heterocycles. The summed E-state index contributed by atoms with van der Waals surface area (Å²) in [5, 5.41) is 0. The Bertz CT molecular complexity index is 983. The van der Waals surface area contributed by atoms with Gasteiger partial charge in [0, 0.05) is 18.3 Å². The molecule has 166 valence electrons. The second-order valence-corrected chi connectivity index (χ2v) is 7.42. The third kappa shape index (κ3) is 4.31. The van der Waals surface area contributed by atoms with E-state index in [0.717, 1.165) is 7.11 Å². The zero-order valence-corrected chi connectivity index (χ0v) is 16.4. The molecule has 1 aliphatic rings. The van der Waals surface area contributed by atoms with Crippen molar-refractivity contribution in [2.24, 2.45) is 0 Å². The molecule has 1 saturated carbocycles. The molecule has 0 saturated heterocycles. The average molecular weight is 444 g/mol. The van der Waals surface area contributed by atoms with E-state index in [-0.39, 0.29) is 37.5 Å². The van der Waals surface area contributed by atoms with Gasteiger partial charge in [0.05, 0.1) is 23.8 Å². The smallest absolute Gasteiger partial charge is 0.416 e. The molecule has 0 atom stereocenters. The van der Waals surface area contributed by atoms with Gasteiger partial charge in [0.15, 0.2) is 0 Å². The molecule has 3 nitrogen and oxygen atoms in total. The number of hydrogen-bond acceptors (Lipinski definition) is 3. The molecule has 0 N–H and O–H groups in total. The normalized spacial score (nSPS) is 16.8. The van der Waals surface area contributed by atoms with Gasteiger partial charge in [-0.25, -0.2) is 4.79 Å². The van der Waals surface area contributed by atoms with Gasteiger partial charge in [-0.3, -0.25) is 4.79 Å². The number of esters is 1. The van der Waals surface area contributed by atoms with Gasteiger partial charge in [-0.15, -0.1) is 0 Å². The highest BCUT2D eigenvalue weighted by Crippen LogP contribution is 2.51. The molecule has 0 amide bonds. The van der Waals surface area contributed by atoms with E-state index in [9.17, 15) is 35.9 Å². The number of alkyl halides is 6. The topological polar surface area (TPSA) is 43.4 Å². The first kappa shape index (κ1) is 22.8. The molecule has 31 heavy (non-hydrogen) atoms. The van der Waals surface area contributed by atoms with E-state index in [2.05, 4.69) is 4.74 Å². The summed E-state index contributed by atoms with van der Waals surface area (Å²) < 4.78 is 87.0. The van der Waals surface area contributed by atoms with E-state index in [1.54, 1.807) is 30.3 Å². The predicted molar refractivity (Wildman–Crippen MR) is 98.5 cm³/mol. The molecule has 9 heteroatoms. The zero-order chi connectivity index (χ0) is 23.0. The summed E-state index contributed by atoms with van der Waals surface area (Å²) in [6, 6.07) is 8.35. The van der Waals surface area contributed by atoms with Crippen LogP contribution >= 0.6 is 0 Å². The van der Waals surface area contributed by atoms with Crippen molar-refractivity contribution in [1.82, 2.24) is 0 Å². The second-order valence-electron chi connectivity index (χ2n) is 7.42. The fraction of sp³-hybridized carbons (Fsp3) is 0.364. The molecule has 0 bridgehead atoms. The number of carbonyl (C=O) groups is 2. The van der Waals surface area contributed by atoms with Crippen molar-refractivity contribution in [1.29, 1.82) is 0 Å². The van der Waals surface area contributed by atoms with Crippen molar-refractivity contribution in [3.63, 3.8) is 0 Å². The van der Waals surface area contributed by atoms with Gasteiger partial charge in [-0.2, -0.15) is 26.3 Å². The van der Waals surface area contributed by atoms with Crippen molar-refractivity contribution >= 4 is 11.8 Å². The lowest BCUT2D eigenvalue weighted by Crippen LogP contribution is -2.37. The van der Waals surface area contributed by atoms with Crippen LogP contribution in [-0.2, 0) is 27.3 Å². The van der Waals surface area contributed by atoms with E-state index in [4.69, 9.17) is 0 Å². The van der Waals surface area contributed by atoms with Crippen LogP contribution in [0.2, 0.25) is 0 Å². The average Bonchev–Trinajstić information content (AvgIpc) is 2.72. The Labute approximate surface area is 174 Å². The molecule has 0 unspecified atom stereocenters. The number of ether oxygens (including phenoxy) is 1. The van der Waals surface area contributed by atoms with Gasteiger partial charge < -0.3 is 4.74 Å². The summed E-state index contributed by atoms with van der Waals surface area (Å²) in [5.74, 6) is -1.47. The Morgan fingerprint density at radius 3 is 2.00 bits per heavy atom. The summed E-state index contributed by atoms with van der Waals surface area (Å²) in [7, 11) is 0.888. The Morgan fingerprint density at radius 2 is 1.52 bits per heavy atom. The number of hydrogen-bond donors (Lipinski definition) is 0. The summed E-state index contributed by atoms with van der Waals surface area (Å²) in [6.45, 7) is 0. The lowest BCUT2D eigenvalue weighted by Gasteiger charge is -2.40. The van der Waals surface area contributed by atoms with E-state index >= 15 is 0 Å². The number of rotatable bonds is 3. The van der Waals surface area contributed by atoms with Crippen LogP contribution in [0.4, 0.5) is 26.3 Å². The number of halogens is 6. The number of methoxy groups -OCH3 is 1. The Hall–Kier alpha value is -2.84. The number of carbonyl (C=O) groups excluding carboxylic acids is 2. The van der Waals surface area contributed by atoms with Crippen molar-refractivity contribution in [2.75, 3.05) is 7.11 Å². The molecule has 2 aromatic rings. The summed E-state index contributed by atoms with van der Waals surface area (Å²) in [5.41, 5.74) is -5.63. The van der Waals surface area contributed by atoms with Crippen molar-refractivity contribution in [2.45, 2.75) is 43.5 Å². The maximum atomic E-state index is 14.1. The van der Waals surface area contributed by atoms with E-state index < -0.39 is 46.0 Å². The monoisotopic (exact) mass is 444 g/mol. The van der Waals surface area contributed by atoms with Gasteiger partial charge in [-0.05, 0) is 36.1 Å². The largest absolute Gasteiger partial charge is 0.465 e. The SMILES string of the molecule is COC(=O)c1cc(C(F)(F)F)cc(C(F)(F)F)c1C1(c2ccccc2)CCC(=O)CC1. The molecular weight excluding hydrogens is 426 g/mol. The maximum Gasteiger partial charge on any atom is 0.416 e. The van der Waals surface area contributed by atoms with Crippen LogP contribution in [0, 0.1) is 0 Å². The van der Waals surface area contributed by atoms with E-state index in [1.807, 2.05) is 0 Å². The van der Waals surface area contributed by atoms with Crippen LogP contribution < -0.4 is 0 Å². The van der Waals surface area contributed by atoms with Crippen molar-refractivity contribution in [3.05, 3.63) is 70.3 Å². The first-order chi connectivity index (χ1) is 14.4. The van der Waals surface area contributed by atoms with Crippen LogP contribution in [0.1, 0.15) is 58.3 Å². The van der Waals surface area contributed by atoms with Crippen LogP contribution in [0.3, 0.4) is 0 Å². The van der Waals surface area contributed by atoms with Gasteiger partial charge in [0.2, 0.25) is 0 Å². The highest BCUT2D eigenvalue weighted by Gasteiger charge is 2.48. The van der Waals surface area contributed by atoms with E-state index in [0.29, 0.717) is 11.6 Å². The third-order valence-electron chi connectivity index (χ3n) is 5.64. The first-order valence-electron chi connectivity index (χ1n) is 9.38. The van der Waals surface area contributed by atoms with Crippen LogP contribution in [-0.4, -0.2) is 18.9 Å². The highest BCUT2D eigenvalue weighted by molar-refractivity contribution is 5.93. The molecule has 1 fully saturated rings. The summed E-state index contributed by atoms with van der Waals surface area (Å²) >= 11 is 0. The fourth-order valence-electron chi connectivity index (χ4n) is 4.21. The van der Waals surface area contributed by atoms with Crippen molar-refractivity contribution in [3.8, 4) is 0 Å². The molecule has 0 aromatic heterocycles. The van der Waals surface area contributed by atoms with Gasteiger partial charge in [0.25, 0.3) is 0 Å². The fourth-order valence-corrected chi connectivity index (χ4v) is 4.21. The molecule has 2 aromatic carbocycles. The first-order valence-corrected chi connectivity index (χ1v) is 9.38. The minimum atomic E-state index is -5.18. The Kier molecular flexibility index (Phi) is 5.90.